The molecule has 0 spiro atoms. The van der Waals surface area contributed by atoms with Crippen LogP contribution in [0.25, 0.3) is 0 Å². The average molecular weight is 940 g/mol. The minimum Gasteiger partial charge on any atom is -0.501 e. The molecule has 0 aliphatic carbocycles. The number of hydrogen-bond acceptors (Lipinski definition) is 10. The van der Waals surface area contributed by atoms with Gasteiger partial charge in [-0.1, -0.05) is 89.4 Å². The number of carbonyl (C=O) groups is 2. The predicted molar refractivity (Wildman–Crippen MR) is 247 cm³/mol. The summed E-state index contributed by atoms with van der Waals surface area (Å²) in [7, 11) is 2.71. The average Bonchev–Trinajstić information content (AvgIpc) is 3.28. The van der Waals surface area contributed by atoms with Crippen LogP contribution in [-0.2, 0) is 0 Å². The van der Waals surface area contributed by atoms with Crippen LogP contribution in [0.1, 0.15) is 94.8 Å². The molecule has 0 radical (unpaired) electrons. The molecule has 17 heteroatoms. The highest BCUT2D eigenvalue weighted by molar-refractivity contribution is 6.31. The maximum absolute atomic E-state index is 14.8. The highest BCUT2D eigenvalue weighted by Gasteiger charge is 2.45. The van der Waals surface area contributed by atoms with Crippen molar-refractivity contribution < 1.29 is 28.9 Å². The molecule has 0 fully saturated rings. The number of carbonyl (C=O) groups excluding carboxylic acids is 2. The van der Waals surface area contributed by atoms with Gasteiger partial charge in [0, 0.05) is 52.1 Å². The van der Waals surface area contributed by atoms with Crippen molar-refractivity contribution in [1.82, 2.24) is 28.9 Å². The van der Waals surface area contributed by atoms with E-state index in [0.717, 1.165) is 11.1 Å². The number of benzene rings is 4. The van der Waals surface area contributed by atoms with E-state index >= 15 is 0 Å². The Kier molecular flexibility index (Phi) is 12.7. The molecular formula is C48H45Cl3N6O8. The number of nitrogens with zero attached hydrogens (tertiary/aromatic N) is 6. The first kappa shape index (κ1) is 45.2. The van der Waals surface area contributed by atoms with Gasteiger partial charge >= 0.3 is 23.1 Å². The summed E-state index contributed by atoms with van der Waals surface area (Å²) in [6.45, 7) is 7.77. The molecule has 0 saturated heterocycles. The van der Waals surface area contributed by atoms with Crippen LogP contribution in [0.4, 0.5) is 0 Å². The topological polar surface area (TPSA) is 158 Å². The van der Waals surface area contributed by atoms with Crippen molar-refractivity contribution in [2.45, 2.75) is 63.7 Å². The number of aromatic nitrogens is 4. The summed E-state index contributed by atoms with van der Waals surface area (Å²) >= 11 is 19.7. The van der Waals surface area contributed by atoms with E-state index in [1.165, 1.54) is 18.8 Å². The lowest BCUT2D eigenvalue weighted by Gasteiger charge is -2.42. The highest BCUT2D eigenvalue weighted by atomic mass is 35.5. The van der Waals surface area contributed by atoms with Gasteiger partial charge in [-0.25, -0.2) is 0 Å². The maximum Gasteiger partial charge on any atom is 0.319 e. The second kappa shape index (κ2) is 18.3. The molecule has 2 aliphatic rings. The summed E-state index contributed by atoms with van der Waals surface area (Å²) in [5.74, 6) is -3.16. The minimum atomic E-state index is -1.02. The maximum atomic E-state index is 14.8. The summed E-state index contributed by atoms with van der Waals surface area (Å²) in [4.78, 5) is 67.6. The molecule has 4 heterocycles. The zero-order valence-electron chi connectivity index (χ0n) is 36.2. The Morgan fingerprint density at radius 1 is 0.615 bits per heavy atom. The smallest absolute Gasteiger partial charge is 0.319 e. The highest BCUT2D eigenvalue weighted by Crippen LogP contribution is 2.47. The summed E-state index contributed by atoms with van der Waals surface area (Å²) in [5, 5.41) is 12.6. The van der Waals surface area contributed by atoms with Crippen LogP contribution in [0.15, 0.2) is 107 Å². The van der Waals surface area contributed by atoms with Crippen molar-refractivity contribution in [3.63, 3.8) is 0 Å². The van der Waals surface area contributed by atoms with Gasteiger partial charge in [0.25, 0.3) is 11.8 Å². The lowest BCUT2D eigenvalue weighted by Crippen LogP contribution is -2.49. The largest absolute Gasteiger partial charge is 0.501 e. The third-order valence-electron chi connectivity index (χ3n) is 12.0. The lowest BCUT2D eigenvalue weighted by molar-refractivity contribution is 0.0565. The van der Waals surface area contributed by atoms with Crippen LogP contribution in [0.2, 0.25) is 15.1 Å². The van der Waals surface area contributed by atoms with Crippen LogP contribution in [0, 0.1) is 0 Å². The van der Waals surface area contributed by atoms with Gasteiger partial charge in [0.15, 0.2) is 11.4 Å². The number of ether oxygens (including phenoxy) is 3. The van der Waals surface area contributed by atoms with Gasteiger partial charge in [-0.3, -0.25) is 28.3 Å². The Balaban J connectivity index is 1.32. The fourth-order valence-electron chi connectivity index (χ4n) is 9.01. The number of methoxy groups -OCH3 is 2. The fraction of sp³-hybridized carbons (Fsp3) is 0.292. The van der Waals surface area contributed by atoms with Crippen molar-refractivity contribution in [2.24, 2.45) is 0 Å². The Hall–Kier alpha value is -6.35. The summed E-state index contributed by atoms with van der Waals surface area (Å²) in [5.41, 5.74) is 0.782. The summed E-state index contributed by atoms with van der Waals surface area (Å²) < 4.78 is 21.1. The van der Waals surface area contributed by atoms with Crippen LogP contribution in [-0.4, -0.2) is 85.2 Å². The van der Waals surface area contributed by atoms with Crippen molar-refractivity contribution in [3.8, 4) is 29.3 Å². The van der Waals surface area contributed by atoms with E-state index in [1.807, 2.05) is 70.2 Å². The predicted octanol–water partition coefficient (Wildman–Crippen LogP) is 8.75. The van der Waals surface area contributed by atoms with E-state index in [4.69, 9.17) is 49.0 Å². The van der Waals surface area contributed by atoms with E-state index in [9.17, 15) is 24.3 Å². The van der Waals surface area contributed by atoms with Gasteiger partial charge in [0.05, 0.1) is 26.3 Å². The molecule has 2 amide bonds. The molecule has 4 aromatic carbocycles. The summed E-state index contributed by atoms with van der Waals surface area (Å²) in [6, 6.07) is 26.7. The van der Waals surface area contributed by atoms with E-state index < -0.39 is 52.6 Å². The number of rotatable bonds is 12. The van der Waals surface area contributed by atoms with E-state index in [1.54, 1.807) is 69.0 Å². The van der Waals surface area contributed by atoms with Gasteiger partial charge in [-0.2, -0.15) is 9.97 Å². The van der Waals surface area contributed by atoms with E-state index in [2.05, 4.69) is 9.97 Å². The van der Waals surface area contributed by atoms with Crippen molar-refractivity contribution >= 4 is 46.6 Å². The molecule has 65 heavy (non-hydrogen) atoms. The molecule has 3 atom stereocenters. The van der Waals surface area contributed by atoms with Crippen LogP contribution in [0.5, 0.6) is 29.3 Å². The van der Waals surface area contributed by atoms with Crippen LogP contribution >= 0.6 is 34.8 Å². The lowest BCUT2D eigenvalue weighted by atomic mass is 9.83. The molecule has 336 valence electrons. The SMILES string of the molecule is COc1nc(=O)c(Oc2cccc(C(c3ccccc3Cl)C3CN(C(C)C)C(=O)c4c(O)c(=O)nc(OC)n43)c2)c2n1C(C(c1ccc(Cl)cc1)c1ccc(Cl)cc1)CN(C(C)C)C2=O. The van der Waals surface area contributed by atoms with Gasteiger partial charge in [-0.15, -0.1) is 0 Å². The molecule has 1 N–H and O–H groups in total. The number of aromatic hydroxyl groups is 1. The van der Waals surface area contributed by atoms with Crippen LogP contribution in [0.3, 0.4) is 0 Å². The van der Waals surface area contributed by atoms with Crippen LogP contribution < -0.4 is 25.3 Å². The molecular weight excluding hydrogens is 895 g/mol. The van der Waals surface area contributed by atoms with Gasteiger partial charge in [0.2, 0.25) is 11.5 Å². The minimum absolute atomic E-state index is 0.0599. The van der Waals surface area contributed by atoms with E-state index in [-0.39, 0.29) is 60.1 Å². The van der Waals surface area contributed by atoms with Crippen molar-refractivity contribution in [2.75, 3.05) is 27.3 Å². The molecule has 8 rings (SSSR count). The second-order valence-corrected chi connectivity index (χ2v) is 17.7. The fourth-order valence-corrected chi connectivity index (χ4v) is 9.51. The molecule has 3 unspecified atom stereocenters. The zero-order valence-corrected chi connectivity index (χ0v) is 38.5. The third-order valence-corrected chi connectivity index (χ3v) is 12.8. The first-order valence-corrected chi connectivity index (χ1v) is 22.0. The van der Waals surface area contributed by atoms with Gasteiger partial charge in [0.1, 0.15) is 5.75 Å². The normalized spacial score (nSPS) is 16.5. The Bertz CT molecular complexity index is 2880. The number of hydrogen-bond donors (Lipinski definition) is 1. The first-order chi connectivity index (χ1) is 31.1. The molecule has 2 aliphatic heterocycles. The van der Waals surface area contributed by atoms with Crippen molar-refractivity contribution in [1.29, 1.82) is 0 Å². The standard InChI is InChI=1S/C48H45Cl3N6O8/c1-25(2)54-24-36(56-39(45(54)61)41(58)43(59)52-47(56)63-5)38(33-12-7-8-13-34(33)51)29-10-9-11-32(22-29)65-42-40-46(62)55(26(3)4)23-35(57(40)48(64-6)53-44(42)60)37(27-14-18-30(49)19-15-27)28-16-20-31(50)21-17-28/h7-22,25-26,35-38,58H,23-24H2,1-6H3. The van der Waals surface area contributed by atoms with E-state index in [0.29, 0.717) is 26.2 Å². The molecule has 14 nitrogen and oxygen atoms in total. The molecule has 6 aromatic rings. The second-order valence-electron chi connectivity index (χ2n) is 16.4. The Morgan fingerprint density at radius 2 is 1.12 bits per heavy atom. The number of fused-ring (bicyclic) bond motifs is 2. The van der Waals surface area contributed by atoms with Crippen molar-refractivity contribution in [3.05, 3.63) is 166 Å². The number of amides is 2. The first-order valence-electron chi connectivity index (χ1n) is 20.9. The quantitative estimate of drug-likeness (QED) is 0.126. The molecule has 0 bridgehead atoms. The monoisotopic (exact) mass is 938 g/mol. The van der Waals surface area contributed by atoms with Gasteiger partial charge in [-0.05, 0) is 92.4 Å². The van der Waals surface area contributed by atoms with Gasteiger partial charge < -0.3 is 29.1 Å². The summed E-state index contributed by atoms with van der Waals surface area (Å²) in [6.07, 6.45) is 0. The third kappa shape index (κ3) is 8.30. The Morgan fingerprint density at radius 3 is 1.66 bits per heavy atom. The Labute approximate surface area is 389 Å². The molecule has 0 saturated carbocycles. The molecule has 2 aromatic heterocycles. The number of halogens is 3. The zero-order chi connectivity index (χ0) is 46.4.